The Labute approximate surface area is 232 Å². The van der Waals surface area contributed by atoms with Crippen LogP contribution in [0.15, 0.2) is 72.8 Å². The Hall–Kier alpha value is -2.97. The Kier molecular flexibility index (Phi) is 8.68. The first-order valence-electron chi connectivity index (χ1n) is 13.0. The Morgan fingerprint density at radius 3 is 2.57 bits per heavy atom. The fourth-order valence-electron chi connectivity index (χ4n) is 4.96. The Morgan fingerprint density at radius 1 is 0.946 bits per heavy atom. The number of hydrogen-bond acceptors (Lipinski definition) is 5. The predicted molar refractivity (Wildman–Crippen MR) is 161 cm³/mol. The number of nitrogens with two attached hydrogens (primary N) is 1. The second kappa shape index (κ2) is 12.5. The molecule has 0 radical (unpaired) electrons. The molecular formula is C31H33IN4O. The summed E-state index contributed by atoms with van der Waals surface area (Å²) in [6.07, 6.45) is 9.00. The predicted octanol–water partition coefficient (Wildman–Crippen LogP) is 7.16. The van der Waals surface area contributed by atoms with Crippen LogP contribution in [-0.4, -0.2) is 23.1 Å². The van der Waals surface area contributed by atoms with E-state index < -0.39 is 0 Å². The van der Waals surface area contributed by atoms with Crippen LogP contribution in [0.2, 0.25) is 0 Å². The quantitative estimate of drug-likeness (QED) is 0.199. The fourth-order valence-corrected chi connectivity index (χ4v) is 5.45. The van der Waals surface area contributed by atoms with Gasteiger partial charge in [0.05, 0.1) is 5.52 Å². The molecule has 5 nitrogen and oxygen atoms in total. The molecule has 1 aromatic heterocycles. The lowest BCUT2D eigenvalue weighted by molar-refractivity contribution is 0.281. The number of rotatable bonds is 9. The van der Waals surface area contributed by atoms with Crippen molar-refractivity contribution in [2.75, 3.05) is 18.4 Å². The average Bonchev–Trinajstić information content (AvgIpc) is 2.95. The summed E-state index contributed by atoms with van der Waals surface area (Å²) in [6.45, 7) is 2.27. The maximum absolute atomic E-state index is 5.96. The molecule has 0 amide bonds. The number of fused-ring (bicyclic) bond motifs is 1. The van der Waals surface area contributed by atoms with Crippen LogP contribution in [0.4, 0.5) is 5.82 Å². The zero-order chi connectivity index (χ0) is 25.5. The minimum absolute atomic E-state index is 0.559. The highest BCUT2D eigenvalue weighted by Gasteiger charge is 2.21. The molecule has 6 heteroatoms. The van der Waals surface area contributed by atoms with E-state index in [1.54, 1.807) is 0 Å². The molecular weight excluding hydrogens is 571 g/mol. The molecule has 190 valence electrons. The highest BCUT2D eigenvalue weighted by atomic mass is 127. The minimum atomic E-state index is 0.559. The van der Waals surface area contributed by atoms with E-state index in [1.165, 1.54) is 29.3 Å². The van der Waals surface area contributed by atoms with Gasteiger partial charge in [-0.15, -0.1) is 0 Å². The van der Waals surface area contributed by atoms with E-state index in [-0.39, 0.29) is 0 Å². The summed E-state index contributed by atoms with van der Waals surface area (Å²) in [5.74, 6) is 3.74. The number of anilines is 1. The normalized spacial score (nSPS) is 17.8. The first kappa shape index (κ1) is 25.7. The molecule has 1 fully saturated rings. The summed E-state index contributed by atoms with van der Waals surface area (Å²) >= 11 is 2.35. The summed E-state index contributed by atoms with van der Waals surface area (Å²) in [5, 5.41) is 4.72. The second-order valence-corrected chi connectivity index (χ2v) is 11.0. The van der Waals surface area contributed by atoms with E-state index in [9.17, 15) is 0 Å². The lowest BCUT2D eigenvalue weighted by atomic mass is 9.81. The largest absolute Gasteiger partial charge is 0.489 e. The second-order valence-electron chi connectivity index (χ2n) is 9.78. The fraction of sp³-hybridized carbons (Fsp3) is 0.290. The van der Waals surface area contributed by atoms with E-state index in [4.69, 9.17) is 20.4 Å². The molecule has 5 rings (SSSR count). The van der Waals surface area contributed by atoms with Crippen molar-refractivity contribution in [3.8, 4) is 5.75 Å². The maximum atomic E-state index is 5.96. The van der Waals surface area contributed by atoms with Crippen molar-refractivity contribution in [2.45, 2.75) is 32.3 Å². The van der Waals surface area contributed by atoms with E-state index in [1.807, 2.05) is 42.5 Å². The first-order chi connectivity index (χ1) is 18.2. The number of nitrogens with one attached hydrogen (secondary N) is 1. The van der Waals surface area contributed by atoms with Crippen LogP contribution in [0.3, 0.4) is 0 Å². The molecule has 1 saturated carbocycles. The van der Waals surface area contributed by atoms with Gasteiger partial charge in [0.2, 0.25) is 0 Å². The van der Waals surface area contributed by atoms with Gasteiger partial charge in [-0.05, 0) is 108 Å². The highest BCUT2D eigenvalue weighted by molar-refractivity contribution is 14.1. The Morgan fingerprint density at radius 2 is 1.76 bits per heavy atom. The van der Waals surface area contributed by atoms with E-state index in [0.717, 1.165) is 46.7 Å². The van der Waals surface area contributed by atoms with Gasteiger partial charge in [0.1, 0.15) is 18.2 Å². The van der Waals surface area contributed by atoms with Gasteiger partial charge in [-0.1, -0.05) is 55.0 Å². The summed E-state index contributed by atoms with van der Waals surface area (Å²) in [4.78, 5) is 9.71. The topological polar surface area (TPSA) is 73.1 Å². The molecule has 1 aliphatic rings. The minimum Gasteiger partial charge on any atom is -0.489 e. The van der Waals surface area contributed by atoms with Crippen LogP contribution < -0.4 is 15.8 Å². The molecule has 3 N–H and O–H groups in total. The van der Waals surface area contributed by atoms with Crippen molar-refractivity contribution in [1.82, 2.24) is 9.97 Å². The first-order valence-corrected chi connectivity index (χ1v) is 14.1. The molecule has 0 spiro atoms. The molecule has 37 heavy (non-hydrogen) atoms. The molecule has 0 aliphatic heterocycles. The highest BCUT2D eigenvalue weighted by Crippen LogP contribution is 2.30. The third kappa shape index (κ3) is 7.08. The van der Waals surface area contributed by atoms with Crippen LogP contribution >= 0.6 is 22.6 Å². The van der Waals surface area contributed by atoms with Crippen LogP contribution in [0.1, 0.15) is 42.6 Å². The van der Waals surface area contributed by atoms with Gasteiger partial charge in [0.25, 0.3) is 0 Å². The zero-order valence-electron chi connectivity index (χ0n) is 20.9. The summed E-state index contributed by atoms with van der Waals surface area (Å²) in [7, 11) is 0. The lowest BCUT2D eigenvalue weighted by Crippen LogP contribution is -2.26. The van der Waals surface area contributed by atoms with Crippen molar-refractivity contribution in [3.63, 3.8) is 0 Å². The van der Waals surface area contributed by atoms with Gasteiger partial charge in [0.15, 0.2) is 5.82 Å². The molecule has 2 atom stereocenters. The third-order valence-corrected chi connectivity index (χ3v) is 7.68. The summed E-state index contributed by atoms with van der Waals surface area (Å²) in [5.41, 5.74) is 9.13. The van der Waals surface area contributed by atoms with Gasteiger partial charge in [-0.2, -0.15) is 0 Å². The molecule has 2 unspecified atom stereocenters. The standard InChI is InChI=1S/C31H33IN4O/c32-26-12-15-29-28(18-26)31(34-20-25-8-4-7-24(17-25)19-33)36-30(35-29)16-11-22-9-13-27(14-10-22)37-21-23-5-2-1-3-6-23/h1-3,5-6,9-16,18,24-25H,4,7-8,17,19-21,33H2,(H,34,35,36). The monoisotopic (exact) mass is 604 g/mol. The van der Waals surface area contributed by atoms with E-state index in [0.29, 0.717) is 24.3 Å². The molecule has 0 saturated heterocycles. The van der Waals surface area contributed by atoms with E-state index >= 15 is 0 Å². The van der Waals surface area contributed by atoms with Gasteiger partial charge >= 0.3 is 0 Å². The van der Waals surface area contributed by atoms with Crippen molar-refractivity contribution in [3.05, 3.63) is 93.3 Å². The molecule has 4 aromatic rings. The van der Waals surface area contributed by atoms with Gasteiger partial charge in [-0.3, -0.25) is 0 Å². The molecule has 3 aromatic carbocycles. The number of nitrogens with zero attached hydrogens (tertiary/aromatic N) is 2. The van der Waals surface area contributed by atoms with Crippen molar-refractivity contribution in [1.29, 1.82) is 0 Å². The smallest absolute Gasteiger partial charge is 0.154 e. The number of aromatic nitrogens is 2. The average molecular weight is 605 g/mol. The SMILES string of the molecule is NCC1CCCC(CNc2nc(C=Cc3ccc(OCc4ccccc4)cc3)nc3ccc(I)cc23)C1. The van der Waals surface area contributed by atoms with Gasteiger partial charge in [-0.25, -0.2) is 9.97 Å². The van der Waals surface area contributed by atoms with Crippen LogP contribution in [0.25, 0.3) is 23.1 Å². The number of hydrogen-bond donors (Lipinski definition) is 2. The Bertz CT molecular complexity index is 1340. The summed E-state index contributed by atoms with van der Waals surface area (Å²) in [6, 6.07) is 24.6. The van der Waals surface area contributed by atoms with Crippen molar-refractivity contribution < 1.29 is 4.74 Å². The van der Waals surface area contributed by atoms with E-state index in [2.05, 4.69) is 70.4 Å². The summed E-state index contributed by atoms with van der Waals surface area (Å²) < 4.78 is 7.09. The number of ether oxygens (including phenoxy) is 1. The van der Waals surface area contributed by atoms with Crippen LogP contribution in [0.5, 0.6) is 5.75 Å². The molecule has 1 heterocycles. The van der Waals surface area contributed by atoms with Gasteiger partial charge in [0, 0.05) is 15.5 Å². The number of benzene rings is 3. The molecule has 0 bridgehead atoms. The maximum Gasteiger partial charge on any atom is 0.154 e. The van der Waals surface area contributed by atoms with Gasteiger partial charge < -0.3 is 15.8 Å². The van der Waals surface area contributed by atoms with Crippen LogP contribution in [0, 0.1) is 15.4 Å². The zero-order valence-corrected chi connectivity index (χ0v) is 23.1. The molecule has 1 aliphatic carbocycles. The van der Waals surface area contributed by atoms with Crippen molar-refractivity contribution in [2.24, 2.45) is 17.6 Å². The third-order valence-electron chi connectivity index (χ3n) is 7.01. The van der Waals surface area contributed by atoms with Crippen molar-refractivity contribution >= 4 is 51.5 Å². The van der Waals surface area contributed by atoms with Crippen LogP contribution in [-0.2, 0) is 6.61 Å². The lowest BCUT2D eigenvalue weighted by Gasteiger charge is -2.28. The number of halogens is 1. The Balaban J connectivity index is 1.29.